The average molecular weight is 291 g/mol. The molecule has 0 heterocycles. The molecule has 0 unspecified atom stereocenters. The van der Waals surface area contributed by atoms with Crippen molar-refractivity contribution in [2.24, 2.45) is 0 Å². The van der Waals surface area contributed by atoms with Crippen molar-refractivity contribution in [3.8, 4) is 11.5 Å². The van der Waals surface area contributed by atoms with Gasteiger partial charge in [-0.2, -0.15) is 0 Å². The van der Waals surface area contributed by atoms with Gasteiger partial charge in [-0.15, -0.1) is 0 Å². The van der Waals surface area contributed by atoms with E-state index in [1.165, 1.54) is 0 Å². The van der Waals surface area contributed by atoms with E-state index in [2.05, 4.69) is 0 Å². The SMILES string of the molecule is COc1ccc(Cl)cc1COc1c(C)cccc1C=O. The van der Waals surface area contributed by atoms with Crippen LogP contribution in [0.5, 0.6) is 11.5 Å². The molecular weight excluding hydrogens is 276 g/mol. The van der Waals surface area contributed by atoms with Crippen LogP contribution in [0.15, 0.2) is 36.4 Å². The molecule has 0 aliphatic carbocycles. The van der Waals surface area contributed by atoms with Gasteiger partial charge in [0.05, 0.1) is 12.7 Å². The summed E-state index contributed by atoms with van der Waals surface area (Å²) >= 11 is 5.98. The van der Waals surface area contributed by atoms with Gasteiger partial charge in [-0.25, -0.2) is 0 Å². The monoisotopic (exact) mass is 290 g/mol. The Labute approximate surface area is 123 Å². The third-order valence-corrected chi connectivity index (χ3v) is 3.22. The van der Waals surface area contributed by atoms with Gasteiger partial charge in [-0.1, -0.05) is 23.7 Å². The summed E-state index contributed by atoms with van der Waals surface area (Å²) in [6, 6.07) is 10.8. The Hall–Kier alpha value is -2.00. The van der Waals surface area contributed by atoms with Crippen LogP contribution in [0.25, 0.3) is 0 Å². The molecule has 2 rings (SSSR count). The molecule has 2 aromatic carbocycles. The van der Waals surface area contributed by atoms with E-state index in [0.29, 0.717) is 22.1 Å². The minimum atomic E-state index is 0.287. The molecule has 0 aliphatic rings. The van der Waals surface area contributed by atoms with Crippen LogP contribution in [0.3, 0.4) is 0 Å². The van der Waals surface area contributed by atoms with Gasteiger partial charge in [0.1, 0.15) is 18.1 Å². The number of ether oxygens (including phenoxy) is 2. The van der Waals surface area contributed by atoms with Crippen molar-refractivity contribution < 1.29 is 14.3 Å². The topological polar surface area (TPSA) is 35.5 Å². The van der Waals surface area contributed by atoms with Crippen molar-refractivity contribution in [1.82, 2.24) is 0 Å². The first-order valence-electron chi connectivity index (χ1n) is 6.15. The summed E-state index contributed by atoms with van der Waals surface area (Å²) in [7, 11) is 1.59. The lowest BCUT2D eigenvalue weighted by molar-refractivity contribution is 0.111. The zero-order chi connectivity index (χ0) is 14.5. The number of carbonyl (C=O) groups excluding carboxylic acids is 1. The average Bonchev–Trinajstić information content (AvgIpc) is 2.46. The normalized spacial score (nSPS) is 10.2. The third-order valence-electron chi connectivity index (χ3n) is 2.98. The zero-order valence-electron chi connectivity index (χ0n) is 11.4. The molecule has 0 bridgehead atoms. The number of methoxy groups -OCH3 is 1. The van der Waals surface area contributed by atoms with Gasteiger partial charge < -0.3 is 9.47 Å². The lowest BCUT2D eigenvalue weighted by Gasteiger charge is -2.13. The maximum atomic E-state index is 11.0. The molecule has 0 radical (unpaired) electrons. The number of rotatable bonds is 5. The lowest BCUT2D eigenvalue weighted by Crippen LogP contribution is -2.02. The second-order valence-corrected chi connectivity index (χ2v) is 4.79. The predicted octanol–water partition coefficient (Wildman–Crippen LogP) is 4.05. The van der Waals surface area contributed by atoms with E-state index in [-0.39, 0.29) is 6.61 Å². The van der Waals surface area contributed by atoms with Crippen molar-refractivity contribution in [2.45, 2.75) is 13.5 Å². The fourth-order valence-electron chi connectivity index (χ4n) is 1.98. The Kier molecular flexibility index (Phi) is 4.64. The van der Waals surface area contributed by atoms with Crippen molar-refractivity contribution >= 4 is 17.9 Å². The smallest absolute Gasteiger partial charge is 0.153 e. The summed E-state index contributed by atoms with van der Waals surface area (Å²) in [6.07, 6.45) is 0.789. The van der Waals surface area contributed by atoms with E-state index in [0.717, 1.165) is 17.4 Å². The van der Waals surface area contributed by atoms with E-state index < -0.39 is 0 Å². The predicted molar refractivity (Wildman–Crippen MR) is 78.9 cm³/mol. The van der Waals surface area contributed by atoms with E-state index >= 15 is 0 Å². The quantitative estimate of drug-likeness (QED) is 0.779. The van der Waals surface area contributed by atoms with Crippen LogP contribution in [0.1, 0.15) is 21.5 Å². The molecule has 0 aliphatic heterocycles. The van der Waals surface area contributed by atoms with Crippen LogP contribution >= 0.6 is 11.6 Å². The number of para-hydroxylation sites is 1. The first-order valence-corrected chi connectivity index (χ1v) is 6.53. The van der Waals surface area contributed by atoms with E-state index in [1.54, 1.807) is 31.4 Å². The van der Waals surface area contributed by atoms with Crippen LogP contribution < -0.4 is 9.47 Å². The largest absolute Gasteiger partial charge is 0.496 e. The van der Waals surface area contributed by atoms with E-state index in [4.69, 9.17) is 21.1 Å². The number of halogens is 1. The molecule has 20 heavy (non-hydrogen) atoms. The summed E-state index contributed by atoms with van der Waals surface area (Å²) in [5, 5.41) is 0.616. The fourth-order valence-corrected chi connectivity index (χ4v) is 2.17. The summed E-state index contributed by atoms with van der Waals surface area (Å²) in [6.45, 7) is 2.19. The summed E-state index contributed by atoms with van der Waals surface area (Å²) in [5.74, 6) is 1.29. The van der Waals surface area contributed by atoms with Crippen LogP contribution in [0.4, 0.5) is 0 Å². The maximum Gasteiger partial charge on any atom is 0.153 e. The van der Waals surface area contributed by atoms with E-state index in [9.17, 15) is 4.79 Å². The Morgan fingerprint density at radius 3 is 2.75 bits per heavy atom. The number of benzene rings is 2. The maximum absolute atomic E-state index is 11.0. The summed E-state index contributed by atoms with van der Waals surface area (Å²) < 4.78 is 11.0. The summed E-state index contributed by atoms with van der Waals surface area (Å²) in [4.78, 5) is 11.0. The van der Waals surface area contributed by atoms with Crippen LogP contribution in [-0.4, -0.2) is 13.4 Å². The molecule has 0 saturated heterocycles. The van der Waals surface area contributed by atoms with Crippen molar-refractivity contribution in [3.63, 3.8) is 0 Å². The van der Waals surface area contributed by atoms with Gasteiger partial charge in [-0.3, -0.25) is 4.79 Å². The van der Waals surface area contributed by atoms with Gasteiger partial charge in [0.15, 0.2) is 6.29 Å². The molecule has 0 spiro atoms. The molecule has 0 amide bonds. The highest BCUT2D eigenvalue weighted by Crippen LogP contribution is 2.27. The summed E-state index contributed by atoms with van der Waals surface area (Å²) in [5.41, 5.74) is 2.28. The van der Waals surface area contributed by atoms with Gasteiger partial charge >= 0.3 is 0 Å². The Bertz CT molecular complexity index is 623. The number of aldehydes is 1. The number of carbonyl (C=O) groups is 1. The van der Waals surface area contributed by atoms with Crippen molar-refractivity contribution in [1.29, 1.82) is 0 Å². The van der Waals surface area contributed by atoms with Gasteiger partial charge in [0.25, 0.3) is 0 Å². The van der Waals surface area contributed by atoms with Crippen LogP contribution in [0.2, 0.25) is 5.02 Å². The molecular formula is C16H15ClO3. The number of hydrogen-bond donors (Lipinski definition) is 0. The first-order chi connectivity index (χ1) is 9.65. The molecule has 0 N–H and O–H groups in total. The molecule has 0 fully saturated rings. The molecule has 3 nitrogen and oxygen atoms in total. The van der Waals surface area contributed by atoms with Gasteiger partial charge in [0.2, 0.25) is 0 Å². The zero-order valence-corrected chi connectivity index (χ0v) is 12.1. The Balaban J connectivity index is 2.25. The fraction of sp³-hybridized carbons (Fsp3) is 0.188. The second kappa shape index (κ2) is 6.44. The Morgan fingerprint density at radius 2 is 2.05 bits per heavy atom. The van der Waals surface area contributed by atoms with Gasteiger partial charge in [-0.05, 0) is 36.8 Å². The van der Waals surface area contributed by atoms with Crippen LogP contribution in [0, 0.1) is 6.92 Å². The Morgan fingerprint density at radius 1 is 1.25 bits per heavy atom. The third kappa shape index (κ3) is 3.11. The second-order valence-electron chi connectivity index (χ2n) is 4.36. The van der Waals surface area contributed by atoms with Crippen molar-refractivity contribution in [2.75, 3.05) is 7.11 Å². The molecule has 104 valence electrons. The number of aryl methyl sites for hydroxylation is 1. The number of hydrogen-bond acceptors (Lipinski definition) is 3. The van der Waals surface area contributed by atoms with Crippen LogP contribution in [-0.2, 0) is 6.61 Å². The lowest BCUT2D eigenvalue weighted by atomic mass is 10.1. The molecule has 2 aromatic rings. The van der Waals surface area contributed by atoms with Crippen molar-refractivity contribution in [3.05, 3.63) is 58.1 Å². The minimum absolute atomic E-state index is 0.287. The molecule has 0 saturated carbocycles. The standard InChI is InChI=1S/C16H15ClO3/c1-11-4-3-5-12(9-18)16(11)20-10-13-8-14(17)6-7-15(13)19-2/h3-9H,10H2,1-2H3. The van der Waals surface area contributed by atoms with Gasteiger partial charge in [0, 0.05) is 10.6 Å². The molecule has 0 aromatic heterocycles. The molecule has 0 atom stereocenters. The molecule has 4 heteroatoms. The van der Waals surface area contributed by atoms with E-state index in [1.807, 2.05) is 19.1 Å². The highest BCUT2D eigenvalue weighted by atomic mass is 35.5. The highest BCUT2D eigenvalue weighted by molar-refractivity contribution is 6.30. The highest BCUT2D eigenvalue weighted by Gasteiger charge is 2.09. The minimum Gasteiger partial charge on any atom is -0.496 e. The first kappa shape index (κ1) is 14.4.